The Hall–Kier alpha value is -5.28. The van der Waals surface area contributed by atoms with Crippen LogP contribution in [0.2, 0.25) is 0 Å². The Bertz CT molecular complexity index is 2390. The molecule has 0 saturated carbocycles. The smallest absolute Gasteiger partial charge is 0.0933 e. The van der Waals surface area contributed by atoms with Crippen molar-refractivity contribution in [2.75, 3.05) is 0 Å². The molecule has 5 aromatic carbocycles. The maximum atomic E-state index is 5.38. The fourth-order valence-electron chi connectivity index (χ4n) is 7.22. The second kappa shape index (κ2) is 8.37. The molecule has 42 heavy (non-hydrogen) atoms. The molecule has 198 valence electrons. The zero-order valence-electron chi connectivity index (χ0n) is 23.5. The summed E-state index contributed by atoms with van der Waals surface area (Å²) in [6.07, 6.45) is 2.14. The number of hydrogen-bond donors (Lipinski definition) is 0. The average molecular weight is 538 g/mol. The van der Waals surface area contributed by atoms with Crippen LogP contribution < -0.4 is 0 Å². The van der Waals surface area contributed by atoms with Crippen LogP contribution in [0.5, 0.6) is 0 Å². The van der Waals surface area contributed by atoms with Gasteiger partial charge in [0.2, 0.25) is 0 Å². The van der Waals surface area contributed by atoms with Crippen molar-refractivity contribution < 1.29 is 0 Å². The van der Waals surface area contributed by atoms with Crippen LogP contribution in [-0.2, 0) is 5.41 Å². The van der Waals surface area contributed by atoms with Crippen molar-refractivity contribution in [1.29, 1.82) is 0 Å². The molecule has 0 radical (unpaired) electrons. The van der Waals surface area contributed by atoms with Crippen molar-refractivity contribution in [2.45, 2.75) is 19.3 Å². The highest BCUT2D eigenvalue weighted by molar-refractivity contribution is 6.15. The molecule has 9 rings (SSSR count). The van der Waals surface area contributed by atoms with Crippen molar-refractivity contribution in [3.05, 3.63) is 139 Å². The van der Waals surface area contributed by atoms with E-state index < -0.39 is 0 Å². The first-order chi connectivity index (χ1) is 20.6. The minimum Gasteiger partial charge on any atom is -0.247 e. The average Bonchev–Trinajstić information content (AvgIpc) is 3.52. The van der Waals surface area contributed by atoms with E-state index in [1.54, 1.807) is 0 Å². The molecule has 8 aromatic rings. The van der Waals surface area contributed by atoms with E-state index in [9.17, 15) is 0 Å². The molecular formula is C39H27N3. The molecule has 0 amide bonds. The number of hydrogen-bond acceptors (Lipinski definition) is 2. The number of benzene rings is 5. The first kappa shape index (κ1) is 23.4. The van der Waals surface area contributed by atoms with Crippen molar-refractivity contribution in [1.82, 2.24) is 14.6 Å². The Kier molecular flexibility index (Phi) is 4.67. The molecular weight excluding hydrogens is 510 g/mol. The molecule has 3 aromatic heterocycles. The summed E-state index contributed by atoms with van der Waals surface area (Å²) < 4.78 is 2.00. The lowest BCUT2D eigenvalue weighted by Gasteiger charge is -2.25. The number of aromatic nitrogens is 3. The molecule has 0 saturated heterocycles. The summed E-state index contributed by atoms with van der Waals surface area (Å²) in [6.45, 7) is 4.71. The van der Waals surface area contributed by atoms with Gasteiger partial charge in [-0.1, -0.05) is 111 Å². The molecule has 3 heterocycles. The van der Waals surface area contributed by atoms with E-state index in [-0.39, 0.29) is 5.41 Å². The molecule has 0 aliphatic heterocycles. The SMILES string of the molecule is CC1(C)c2ccccc2-c2ccc3c(c(-c4cccc(-c5ccc6c7ccccc7nn6c5)c4)nc4ccccc43)c21. The zero-order chi connectivity index (χ0) is 28.0. The van der Waals surface area contributed by atoms with Gasteiger partial charge in [-0.2, -0.15) is 5.10 Å². The van der Waals surface area contributed by atoms with E-state index in [2.05, 4.69) is 135 Å². The molecule has 1 aliphatic carbocycles. The molecule has 0 unspecified atom stereocenters. The van der Waals surface area contributed by atoms with Crippen LogP contribution >= 0.6 is 0 Å². The summed E-state index contributed by atoms with van der Waals surface area (Å²) in [5.74, 6) is 0. The van der Waals surface area contributed by atoms with Crippen LogP contribution in [0.1, 0.15) is 25.0 Å². The van der Waals surface area contributed by atoms with E-state index in [1.807, 2.05) is 10.6 Å². The lowest BCUT2D eigenvalue weighted by molar-refractivity contribution is 0.666. The van der Waals surface area contributed by atoms with E-state index in [4.69, 9.17) is 10.1 Å². The summed E-state index contributed by atoms with van der Waals surface area (Å²) in [5.41, 5.74) is 12.8. The van der Waals surface area contributed by atoms with Crippen LogP contribution in [-0.4, -0.2) is 14.6 Å². The van der Waals surface area contributed by atoms with Gasteiger partial charge in [0.1, 0.15) is 0 Å². The maximum Gasteiger partial charge on any atom is 0.0933 e. The Morgan fingerprint density at radius 3 is 2.24 bits per heavy atom. The molecule has 0 spiro atoms. The third kappa shape index (κ3) is 3.16. The Balaban J connectivity index is 1.31. The fraction of sp³-hybridized carbons (Fsp3) is 0.0769. The van der Waals surface area contributed by atoms with Crippen molar-refractivity contribution in [3.8, 4) is 33.5 Å². The third-order valence-corrected chi connectivity index (χ3v) is 9.18. The highest BCUT2D eigenvalue weighted by atomic mass is 15.2. The van der Waals surface area contributed by atoms with Crippen molar-refractivity contribution in [2.24, 2.45) is 0 Å². The molecule has 0 atom stereocenters. The van der Waals surface area contributed by atoms with Gasteiger partial charge < -0.3 is 0 Å². The molecule has 3 heteroatoms. The first-order valence-corrected chi connectivity index (χ1v) is 14.5. The lowest BCUT2D eigenvalue weighted by atomic mass is 9.79. The van der Waals surface area contributed by atoms with Gasteiger partial charge in [0.25, 0.3) is 0 Å². The normalized spacial score (nSPS) is 13.7. The molecule has 0 bridgehead atoms. The standard InChI is InChI=1S/C39H27N3/c1-39(2)32-15-6-3-12-27(32)30-20-19-29-28-13-4-7-16-33(28)40-38(36(29)37(30)39)25-11-9-10-24(22-25)26-18-21-35-31-14-5-8-17-34(31)41-42(35)23-26/h3-23H,1-2H3. The van der Waals surface area contributed by atoms with Gasteiger partial charge >= 0.3 is 0 Å². The van der Waals surface area contributed by atoms with Gasteiger partial charge in [-0.25, -0.2) is 9.50 Å². The monoisotopic (exact) mass is 537 g/mol. The van der Waals surface area contributed by atoms with Crippen LogP contribution in [0.4, 0.5) is 0 Å². The minimum absolute atomic E-state index is 0.144. The summed E-state index contributed by atoms with van der Waals surface area (Å²) in [4.78, 5) is 5.38. The van der Waals surface area contributed by atoms with Gasteiger partial charge in [-0.05, 0) is 57.5 Å². The molecule has 0 N–H and O–H groups in total. The van der Waals surface area contributed by atoms with Crippen molar-refractivity contribution in [3.63, 3.8) is 0 Å². The fourth-order valence-corrected chi connectivity index (χ4v) is 7.22. The first-order valence-electron chi connectivity index (χ1n) is 14.5. The van der Waals surface area contributed by atoms with Gasteiger partial charge in [0.05, 0.1) is 22.2 Å². The zero-order valence-corrected chi connectivity index (χ0v) is 23.5. The molecule has 1 aliphatic rings. The number of pyridine rings is 2. The number of nitrogens with zero attached hydrogens (tertiary/aromatic N) is 3. The van der Waals surface area contributed by atoms with Gasteiger partial charge in [-0.15, -0.1) is 0 Å². The largest absolute Gasteiger partial charge is 0.247 e. The van der Waals surface area contributed by atoms with E-state index in [0.29, 0.717) is 0 Å². The van der Waals surface area contributed by atoms with Crippen LogP contribution in [0.25, 0.3) is 71.6 Å². The lowest BCUT2D eigenvalue weighted by Crippen LogP contribution is -2.16. The summed E-state index contributed by atoms with van der Waals surface area (Å²) >= 11 is 0. The highest BCUT2D eigenvalue weighted by Crippen LogP contribution is 2.53. The Morgan fingerprint density at radius 1 is 0.571 bits per heavy atom. The molecule has 0 fully saturated rings. The second-order valence-electron chi connectivity index (χ2n) is 11.9. The number of fused-ring (bicyclic) bond motifs is 10. The summed E-state index contributed by atoms with van der Waals surface area (Å²) in [7, 11) is 0. The second-order valence-corrected chi connectivity index (χ2v) is 11.9. The van der Waals surface area contributed by atoms with E-state index >= 15 is 0 Å². The predicted molar refractivity (Wildman–Crippen MR) is 174 cm³/mol. The third-order valence-electron chi connectivity index (χ3n) is 9.18. The maximum absolute atomic E-state index is 5.38. The van der Waals surface area contributed by atoms with Gasteiger partial charge in [0, 0.05) is 38.9 Å². The minimum atomic E-state index is -0.144. The van der Waals surface area contributed by atoms with E-state index in [0.717, 1.165) is 38.9 Å². The Morgan fingerprint density at radius 2 is 1.33 bits per heavy atom. The Labute approximate surface area is 243 Å². The summed E-state index contributed by atoms with van der Waals surface area (Å²) in [6, 6.07) is 43.5. The predicted octanol–water partition coefficient (Wildman–Crippen LogP) is 9.83. The topological polar surface area (TPSA) is 30.2 Å². The summed E-state index contributed by atoms with van der Waals surface area (Å²) in [5, 5.41) is 9.70. The van der Waals surface area contributed by atoms with E-state index in [1.165, 1.54) is 43.8 Å². The van der Waals surface area contributed by atoms with Crippen LogP contribution in [0, 0.1) is 0 Å². The van der Waals surface area contributed by atoms with Gasteiger partial charge in [0.15, 0.2) is 0 Å². The van der Waals surface area contributed by atoms with Gasteiger partial charge in [-0.3, -0.25) is 0 Å². The molecule has 3 nitrogen and oxygen atoms in total. The van der Waals surface area contributed by atoms with Crippen molar-refractivity contribution >= 4 is 38.1 Å². The number of rotatable bonds is 2. The van der Waals surface area contributed by atoms with Crippen LogP contribution in [0.15, 0.2) is 128 Å². The number of para-hydroxylation sites is 1. The highest BCUT2D eigenvalue weighted by Gasteiger charge is 2.37. The quantitative estimate of drug-likeness (QED) is 0.205. The van der Waals surface area contributed by atoms with Crippen LogP contribution in [0.3, 0.4) is 0 Å².